The molecule has 0 atom stereocenters. The maximum Gasteiger partial charge on any atom is 0.278 e. The van der Waals surface area contributed by atoms with E-state index >= 15 is 0 Å². The van der Waals surface area contributed by atoms with Crippen LogP contribution in [-0.4, -0.2) is 4.98 Å². The average Bonchev–Trinajstić information content (AvgIpc) is 2.03. The number of rotatable bonds is 2. The van der Waals surface area contributed by atoms with Gasteiger partial charge in [0.05, 0.1) is 5.69 Å². The van der Waals surface area contributed by atoms with Gasteiger partial charge in [-0.1, -0.05) is 0 Å². The van der Waals surface area contributed by atoms with Gasteiger partial charge in [0.15, 0.2) is 0 Å². The Hall–Kier alpha value is -1.23. The van der Waals surface area contributed by atoms with Gasteiger partial charge in [0, 0.05) is 12.1 Å². The van der Waals surface area contributed by atoms with Crippen molar-refractivity contribution in [2.24, 2.45) is 5.73 Å². The molecule has 0 aromatic carbocycles. The summed E-state index contributed by atoms with van der Waals surface area (Å²) in [6.07, 6.45) is -2.65. The summed E-state index contributed by atoms with van der Waals surface area (Å²) < 4.78 is 24.3. The Labute approximate surface area is 73.6 Å². The van der Waals surface area contributed by atoms with Gasteiger partial charge in [0.2, 0.25) is 0 Å². The van der Waals surface area contributed by atoms with Crippen molar-refractivity contribution in [1.29, 1.82) is 0 Å². The molecule has 0 aliphatic carbocycles. The summed E-state index contributed by atoms with van der Waals surface area (Å²) in [5.41, 5.74) is 5.23. The molecule has 0 aliphatic heterocycles. The molecule has 1 aromatic rings. The lowest BCUT2D eigenvalue weighted by Crippen LogP contribution is -2.19. The Morgan fingerprint density at radius 1 is 1.62 bits per heavy atom. The van der Waals surface area contributed by atoms with Gasteiger partial charge in [-0.3, -0.25) is 4.79 Å². The molecule has 0 saturated heterocycles. The van der Waals surface area contributed by atoms with E-state index in [2.05, 4.69) is 4.98 Å². The standard InChI is InChI=1S/C8H10F2N2O/c1-4-2-6(7(9)10)12-8(13)5(4)3-11/h2,7H,3,11H2,1H3,(H,12,13). The van der Waals surface area contributed by atoms with E-state index in [1.54, 1.807) is 6.92 Å². The fraction of sp³-hybridized carbons (Fsp3) is 0.375. The number of aromatic amines is 1. The molecule has 5 heteroatoms. The van der Waals surface area contributed by atoms with Crippen LogP contribution in [0.3, 0.4) is 0 Å². The Balaban J connectivity index is 3.29. The van der Waals surface area contributed by atoms with Crippen LogP contribution in [0.2, 0.25) is 0 Å². The van der Waals surface area contributed by atoms with Gasteiger partial charge in [0.1, 0.15) is 0 Å². The van der Waals surface area contributed by atoms with Gasteiger partial charge in [-0.25, -0.2) is 8.78 Å². The number of aromatic nitrogens is 1. The molecule has 0 aliphatic rings. The maximum absolute atomic E-state index is 12.2. The van der Waals surface area contributed by atoms with Crippen molar-refractivity contribution in [3.63, 3.8) is 0 Å². The molecule has 72 valence electrons. The van der Waals surface area contributed by atoms with Crippen molar-refractivity contribution in [3.05, 3.63) is 33.2 Å². The molecule has 3 N–H and O–H groups in total. The van der Waals surface area contributed by atoms with E-state index in [0.717, 1.165) is 0 Å². The average molecular weight is 188 g/mol. The van der Waals surface area contributed by atoms with Gasteiger partial charge >= 0.3 is 0 Å². The van der Waals surface area contributed by atoms with E-state index in [9.17, 15) is 13.6 Å². The molecule has 0 unspecified atom stereocenters. The topological polar surface area (TPSA) is 58.9 Å². The lowest BCUT2D eigenvalue weighted by Gasteiger charge is -2.04. The largest absolute Gasteiger partial charge is 0.326 e. The van der Waals surface area contributed by atoms with Crippen LogP contribution in [0.25, 0.3) is 0 Å². The summed E-state index contributed by atoms with van der Waals surface area (Å²) in [6.45, 7) is 1.65. The summed E-state index contributed by atoms with van der Waals surface area (Å²) >= 11 is 0. The Kier molecular flexibility index (Phi) is 2.77. The summed E-state index contributed by atoms with van der Waals surface area (Å²) in [7, 11) is 0. The Bertz CT molecular complexity index is 360. The lowest BCUT2D eigenvalue weighted by molar-refractivity contribution is 0.145. The van der Waals surface area contributed by atoms with Crippen molar-refractivity contribution < 1.29 is 8.78 Å². The fourth-order valence-electron chi connectivity index (χ4n) is 1.11. The second-order valence-electron chi connectivity index (χ2n) is 2.72. The van der Waals surface area contributed by atoms with Crippen LogP contribution in [0.4, 0.5) is 8.78 Å². The zero-order valence-electron chi connectivity index (χ0n) is 7.10. The summed E-state index contributed by atoms with van der Waals surface area (Å²) in [5, 5.41) is 0. The highest BCUT2D eigenvalue weighted by atomic mass is 19.3. The molecule has 0 saturated carbocycles. The predicted octanol–water partition coefficient (Wildman–Crippen LogP) is 1.08. The van der Waals surface area contributed by atoms with E-state index in [4.69, 9.17) is 5.73 Å². The van der Waals surface area contributed by atoms with Crippen molar-refractivity contribution in [3.8, 4) is 0 Å². The maximum atomic E-state index is 12.2. The van der Waals surface area contributed by atoms with Crippen LogP contribution in [0, 0.1) is 6.92 Å². The summed E-state index contributed by atoms with van der Waals surface area (Å²) in [4.78, 5) is 13.2. The van der Waals surface area contributed by atoms with E-state index in [-0.39, 0.29) is 12.2 Å². The zero-order valence-corrected chi connectivity index (χ0v) is 7.10. The second kappa shape index (κ2) is 3.66. The van der Waals surface area contributed by atoms with E-state index in [0.29, 0.717) is 11.1 Å². The summed E-state index contributed by atoms with van der Waals surface area (Å²) in [6, 6.07) is 1.24. The number of hydrogen-bond acceptors (Lipinski definition) is 2. The molecule has 3 nitrogen and oxygen atoms in total. The predicted molar refractivity (Wildman–Crippen MR) is 44.6 cm³/mol. The minimum absolute atomic E-state index is 0.0602. The molecule has 0 spiro atoms. The van der Waals surface area contributed by atoms with E-state index in [1.165, 1.54) is 6.07 Å². The van der Waals surface area contributed by atoms with Crippen LogP contribution < -0.4 is 11.3 Å². The van der Waals surface area contributed by atoms with Gasteiger partial charge in [-0.05, 0) is 18.6 Å². The van der Waals surface area contributed by atoms with Crippen LogP contribution in [-0.2, 0) is 6.54 Å². The highest BCUT2D eigenvalue weighted by Crippen LogP contribution is 2.16. The molecular formula is C8H10F2N2O. The first-order valence-corrected chi connectivity index (χ1v) is 3.77. The number of pyridine rings is 1. The number of halogens is 2. The molecule has 1 heterocycles. The smallest absolute Gasteiger partial charge is 0.278 e. The Morgan fingerprint density at radius 3 is 2.62 bits per heavy atom. The highest BCUT2D eigenvalue weighted by Gasteiger charge is 2.11. The highest BCUT2D eigenvalue weighted by molar-refractivity contribution is 5.25. The first-order valence-electron chi connectivity index (χ1n) is 3.77. The van der Waals surface area contributed by atoms with Crippen molar-refractivity contribution in [2.45, 2.75) is 19.9 Å². The molecule has 13 heavy (non-hydrogen) atoms. The normalized spacial score (nSPS) is 10.8. The molecule has 0 fully saturated rings. The van der Waals surface area contributed by atoms with Gasteiger partial charge < -0.3 is 10.7 Å². The van der Waals surface area contributed by atoms with Gasteiger partial charge in [-0.2, -0.15) is 0 Å². The molecule has 1 rings (SSSR count). The van der Waals surface area contributed by atoms with E-state index in [1.807, 2.05) is 0 Å². The molecule has 0 radical (unpaired) electrons. The minimum Gasteiger partial charge on any atom is -0.326 e. The van der Waals surface area contributed by atoms with Crippen molar-refractivity contribution >= 4 is 0 Å². The van der Waals surface area contributed by atoms with Crippen molar-refractivity contribution in [1.82, 2.24) is 4.98 Å². The van der Waals surface area contributed by atoms with Crippen molar-refractivity contribution in [2.75, 3.05) is 0 Å². The Morgan fingerprint density at radius 2 is 2.23 bits per heavy atom. The second-order valence-corrected chi connectivity index (χ2v) is 2.72. The third kappa shape index (κ3) is 1.92. The van der Waals surface area contributed by atoms with Gasteiger partial charge in [0.25, 0.3) is 12.0 Å². The number of aryl methyl sites for hydroxylation is 1. The fourth-order valence-corrected chi connectivity index (χ4v) is 1.11. The van der Waals surface area contributed by atoms with E-state index < -0.39 is 12.0 Å². The molecule has 0 amide bonds. The number of hydrogen-bond donors (Lipinski definition) is 2. The monoisotopic (exact) mass is 188 g/mol. The van der Waals surface area contributed by atoms with Crippen LogP contribution in [0.5, 0.6) is 0 Å². The third-order valence-corrected chi connectivity index (χ3v) is 1.82. The number of nitrogens with one attached hydrogen (secondary N) is 1. The SMILES string of the molecule is Cc1cc(C(F)F)[nH]c(=O)c1CN. The third-order valence-electron chi connectivity index (χ3n) is 1.82. The molecule has 0 bridgehead atoms. The lowest BCUT2D eigenvalue weighted by atomic mass is 10.1. The molecule has 1 aromatic heterocycles. The first-order chi connectivity index (χ1) is 6.06. The van der Waals surface area contributed by atoms with Crippen LogP contribution >= 0.6 is 0 Å². The number of alkyl halides is 2. The van der Waals surface area contributed by atoms with Gasteiger partial charge in [-0.15, -0.1) is 0 Å². The molecular weight excluding hydrogens is 178 g/mol. The first kappa shape index (κ1) is 9.85. The minimum atomic E-state index is -2.65. The number of H-pyrrole nitrogens is 1. The van der Waals surface area contributed by atoms with Crippen LogP contribution in [0.15, 0.2) is 10.9 Å². The van der Waals surface area contributed by atoms with Crippen LogP contribution in [0.1, 0.15) is 23.2 Å². The quantitative estimate of drug-likeness (QED) is 0.729. The zero-order chi connectivity index (χ0) is 10.0. The summed E-state index contributed by atoms with van der Waals surface area (Å²) in [5.74, 6) is 0. The number of nitrogens with two attached hydrogens (primary N) is 1.